The van der Waals surface area contributed by atoms with E-state index in [4.69, 9.17) is 4.74 Å². The topological polar surface area (TPSA) is 84.0 Å². The molecule has 0 aromatic heterocycles. The largest absolute Gasteiger partial charge is 0.360 e. The molecule has 1 aromatic carbocycles. The van der Waals surface area contributed by atoms with E-state index >= 15 is 0 Å². The molecule has 7 rings (SSSR count). The molecule has 2 aliphatic carbocycles. The summed E-state index contributed by atoms with van der Waals surface area (Å²) in [6.07, 6.45) is 8.08. The van der Waals surface area contributed by atoms with Crippen molar-refractivity contribution in [2.24, 2.45) is 35.5 Å². The minimum absolute atomic E-state index is 0.00791. The molecular weight excluding hydrogens is 408 g/mol. The van der Waals surface area contributed by atoms with Crippen molar-refractivity contribution < 1.29 is 23.9 Å². The van der Waals surface area contributed by atoms with E-state index in [1.807, 2.05) is 25.1 Å². The maximum absolute atomic E-state index is 13.5. The molecule has 6 aliphatic rings. The van der Waals surface area contributed by atoms with E-state index in [0.717, 1.165) is 12.0 Å². The Bertz CT molecular complexity index is 1140. The third-order valence-corrected chi connectivity index (χ3v) is 8.41. The first-order valence-corrected chi connectivity index (χ1v) is 11.2. The Morgan fingerprint density at radius 1 is 0.875 bits per heavy atom. The van der Waals surface area contributed by atoms with Crippen molar-refractivity contribution in [3.63, 3.8) is 0 Å². The van der Waals surface area contributed by atoms with Gasteiger partial charge in [-0.3, -0.25) is 24.1 Å². The van der Waals surface area contributed by atoms with Crippen molar-refractivity contribution in [2.75, 3.05) is 11.4 Å². The second kappa shape index (κ2) is 5.84. The van der Waals surface area contributed by atoms with Gasteiger partial charge in [-0.1, -0.05) is 42.0 Å². The first kappa shape index (κ1) is 18.5. The highest BCUT2D eigenvalue weighted by Gasteiger charge is 2.70. The van der Waals surface area contributed by atoms with Gasteiger partial charge in [-0.25, -0.2) is 4.90 Å². The fraction of sp³-hybridized carbons (Fsp3) is 0.440. The highest BCUT2D eigenvalue weighted by molar-refractivity contribution is 6.23. The molecule has 32 heavy (non-hydrogen) atoms. The second-order valence-electron chi connectivity index (χ2n) is 10.0. The third-order valence-electron chi connectivity index (χ3n) is 8.41. The predicted molar refractivity (Wildman–Crippen MR) is 112 cm³/mol. The van der Waals surface area contributed by atoms with Gasteiger partial charge in [0.25, 0.3) is 0 Å². The van der Waals surface area contributed by atoms with Gasteiger partial charge < -0.3 is 4.74 Å². The predicted octanol–water partition coefficient (Wildman–Crippen LogP) is 1.62. The van der Waals surface area contributed by atoms with E-state index in [1.54, 1.807) is 18.2 Å². The summed E-state index contributed by atoms with van der Waals surface area (Å²) in [6, 6.07) is 7.27. The number of carbonyl (C=O) groups is 4. The number of hydrogen-bond donors (Lipinski definition) is 0. The standard InChI is InChI=1S/C25H22N2O5/c1-12-2-6-15(7-3-12)27-23(30)19-16-8-9-25(32-16,20(19)24(27)31)11-26-21(28)17-13-4-5-14(10-13)18(17)22(26)29/h2-9,13-14,16-20H,10-11H2,1H3/t13-,14-,16+,17+,18+,19+,20-,25-/m0/s1. The van der Waals surface area contributed by atoms with Gasteiger partial charge in [0.2, 0.25) is 23.6 Å². The highest BCUT2D eigenvalue weighted by Crippen LogP contribution is 2.56. The zero-order valence-electron chi connectivity index (χ0n) is 17.5. The molecule has 3 saturated heterocycles. The molecule has 0 radical (unpaired) electrons. The molecule has 4 heterocycles. The van der Waals surface area contributed by atoms with E-state index < -0.39 is 23.5 Å². The summed E-state index contributed by atoms with van der Waals surface area (Å²) < 4.78 is 6.18. The lowest BCUT2D eigenvalue weighted by Crippen LogP contribution is -2.51. The molecule has 162 valence electrons. The van der Waals surface area contributed by atoms with Crippen LogP contribution in [-0.4, -0.2) is 46.8 Å². The Morgan fingerprint density at radius 2 is 1.53 bits per heavy atom. The van der Waals surface area contributed by atoms with Gasteiger partial charge in [0.1, 0.15) is 5.60 Å². The number of benzene rings is 1. The van der Waals surface area contributed by atoms with Gasteiger partial charge in [-0.05, 0) is 37.3 Å². The van der Waals surface area contributed by atoms with Crippen LogP contribution in [0.25, 0.3) is 0 Å². The first-order chi connectivity index (χ1) is 15.4. The second-order valence-corrected chi connectivity index (χ2v) is 10.0. The van der Waals surface area contributed by atoms with Crippen LogP contribution in [0.4, 0.5) is 5.69 Å². The molecule has 4 fully saturated rings. The molecule has 0 unspecified atom stereocenters. The number of ether oxygens (including phenoxy) is 1. The summed E-state index contributed by atoms with van der Waals surface area (Å²) >= 11 is 0. The smallest absolute Gasteiger partial charge is 0.241 e. The SMILES string of the molecule is Cc1ccc(N2C(=O)[C@H]3[C@@H](C2=O)[C@@]2(CN4C(=O)[C@H]5[C@H](C4=O)[C@H]4C=C[C@H]5C4)C=C[C@H]3O2)cc1. The summed E-state index contributed by atoms with van der Waals surface area (Å²) in [6.45, 7) is 1.94. The lowest BCUT2D eigenvalue weighted by Gasteiger charge is -2.32. The number of nitrogens with zero attached hydrogens (tertiary/aromatic N) is 2. The van der Waals surface area contributed by atoms with Crippen molar-refractivity contribution in [3.05, 3.63) is 54.1 Å². The quantitative estimate of drug-likeness (QED) is 0.538. The zero-order chi connectivity index (χ0) is 21.9. The lowest BCUT2D eigenvalue weighted by atomic mass is 9.76. The van der Waals surface area contributed by atoms with E-state index in [-0.39, 0.29) is 53.8 Å². The summed E-state index contributed by atoms with van der Waals surface area (Å²) in [5.74, 6) is -2.63. The van der Waals surface area contributed by atoms with Crippen molar-refractivity contribution in [2.45, 2.75) is 25.0 Å². The number of hydrogen-bond acceptors (Lipinski definition) is 5. The molecule has 4 aliphatic heterocycles. The van der Waals surface area contributed by atoms with Crippen LogP contribution in [0.2, 0.25) is 0 Å². The fourth-order valence-electron chi connectivity index (χ4n) is 7.00. The minimum atomic E-state index is -1.14. The minimum Gasteiger partial charge on any atom is -0.360 e. The van der Waals surface area contributed by atoms with Crippen molar-refractivity contribution in [3.8, 4) is 0 Å². The van der Waals surface area contributed by atoms with Gasteiger partial charge in [0, 0.05) is 0 Å². The molecule has 0 N–H and O–H groups in total. The van der Waals surface area contributed by atoms with Gasteiger partial charge in [0.05, 0.1) is 42.0 Å². The molecular formula is C25H22N2O5. The van der Waals surface area contributed by atoms with E-state index in [1.165, 1.54) is 9.80 Å². The van der Waals surface area contributed by atoms with Crippen molar-refractivity contribution in [1.82, 2.24) is 4.90 Å². The van der Waals surface area contributed by atoms with Crippen LogP contribution < -0.4 is 4.90 Å². The normalized spacial score (nSPS) is 42.7. The number of likely N-dealkylation sites (tertiary alicyclic amines) is 1. The van der Waals surface area contributed by atoms with Crippen LogP contribution in [0.3, 0.4) is 0 Å². The first-order valence-electron chi connectivity index (χ1n) is 11.2. The zero-order valence-corrected chi connectivity index (χ0v) is 17.5. The van der Waals surface area contributed by atoms with Crippen molar-refractivity contribution >= 4 is 29.3 Å². The molecule has 7 nitrogen and oxygen atoms in total. The number of aryl methyl sites for hydroxylation is 1. The number of rotatable bonds is 3. The van der Waals surface area contributed by atoms with E-state index in [2.05, 4.69) is 12.2 Å². The summed E-state index contributed by atoms with van der Waals surface area (Å²) in [5.41, 5.74) is 0.438. The number of fused-ring (bicyclic) bond motifs is 10. The molecule has 1 aromatic rings. The van der Waals surface area contributed by atoms with E-state index in [9.17, 15) is 19.2 Å². The Labute approximate surface area is 184 Å². The number of anilines is 1. The van der Waals surface area contributed by atoms with Gasteiger partial charge >= 0.3 is 0 Å². The summed E-state index contributed by atoms with van der Waals surface area (Å²) in [7, 11) is 0. The third kappa shape index (κ3) is 2.05. The van der Waals surface area contributed by atoms with Crippen LogP contribution in [0.15, 0.2) is 48.6 Å². The Hall–Kier alpha value is -3.06. The average Bonchev–Trinajstić information content (AvgIpc) is 3.60. The monoisotopic (exact) mass is 430 g/mol. The molecule has 7 heteroatoms. The number of imide groups is 2. The maximum atomic E-state index is 13.5. The lowest BCUT2D eigenvalue weighted by molar-refractivity contribution is -0.146. The van der Waals surface area contributed by atoms with Crippen LogP contribution in [-0.2, 0) is 23.9 Å². The van der Waals surface area contributed by atoms with Crippen LogP contribution >= 0.6 is 0 Å². The Morgan fingerprint density at radius 3 is 2.19 bits per heavy atom. The van der Waals surface area contributed by atoms with Crippen LogP contribution in [0.5, 0.6) is 0 Å². The van der Waals surface area contributed by atoms with Gasteiger partial charge in [-0.2, -0.15) is 0 Å². The molecule has 4 bridgehead atoms. The fourth-order valence-corrected chi connectivity index (χ4v) is 7.00. The highest BCUT2D eigenvalue weighted by atomic mass is 16.5. The summed E-state index contributed by atoms with van der Waals surface area (Å²) in [5, 5.41) is 0. The summed E-state index contributed by atoms with van der Waals surface area (Å²) in [4.78, 5) is 55.8. The average molecular weight is 430 g/mol. The Balaban J connectivity index is 1.22. The molecule has 1 saturated carbocycles. The van der Waals surface area contributed by atoms with Crippen LogP contribution in [0, 0.1) is 42.4 Å². The van der Waals surface area contributed by atoms with Crippen molar-refractivity contribution in [1.29, 1.82) is 0 Å². The van der Waals surface area contributed by atoms with Gasteiger partial charge in [-0.15, -0.1) is 0 Å². The molecule has 4 amide bonds. The number of amides is 4. The van der Waals surface area contributed by atoms with Gasteiger partial charge in [0.15, 0.2) is 0 Å². The molecule has 0 spiro atoms. The number of carbonyl (C=O) groups excluding carboxylic acids is 4. The number of allylic oxidation sites excluding steroid dienone is 2. The van der Waals surface area contributed by atoms with E-state index in [0.29, 0.717) is 5.69 Å². The van der Waals surface area contributed by atoms with Crippen LogP contribution in [0.1, 0.15) is 12.0 Å². The Kier molecular flexibility index (Phi) is 3.38. The molecule has 8 atom stereocenters. The maximum Gasteiger partial charge on any atom is 0.241 e.